The van der Waals surface area contributed by atoms with Crippen molar-refractivity contribution in [2.24, 2.45) is 0 Å². The lowest BCUT2D eigenvalue weighted by Crippen LogP contribution is -2.10. The van der Waals surface area contributed by atoms with E-state index in [0.29, 0.717) is 23.1 Å². The van der Waals surface area contributed by atoms with E-state index in [1.54, 1.807) is 25.4 Å². The molecule has 0 aliphatic rings. The molecule has 1 heterocycles. The molecule has 2 N–H and O–H groups in total. The number of rotatable bonds is 7. The maximum absolute atomic E-state index is 13.6. The standard InChI is InChI=1S/C16H19FN2O2/c1-3-18-8-4-5-9-21-16(20)12-10-19-14-7-6-13(17)11(2)15(12)14/h3,6-7,10,18-19H,1,4-5,8-9H2,2H3. The zero-order chi connectivity index (χ0) is 15.2. The van der Waals surface area contributed by atoms with Crippen molar-refractivity contribution in [3.63, 3.8) is 0 Å². The van der Waals surface area contributed by atoms with Gasteiger partial charge in [0.15, 0.2) is 0 Å². The molecule has 0 bridgehead atoms. The lowest BCUT2D eigenvalue weighted by atomic mass is 10.1. The van der Waals surface area contributed by atoms with E-state index >= 15 is 0 Å². The summed E-state index contributed by atoms with van der Waals surface area (Å²) in [5.74, 6) is -0.752. The zero-order valence-corrected chi connectivity index (χ0v) is 12.0. The molecule has 2 aromatic rings. The average molecular weight is 290 g/mol. The van der Waals surface area contributed by atoms with Gasteiger partial charge in [-0.15, -0.1) is 0 Å². The fourth-order valence-electron chi connectivity index (χ4n) is 2.21. The molecular formula is C16H19FN2O2. The Morgan fingerprint density at radius 2 is 2.29 bits per heavy atom. The van der Waals surface area contributed by atoms with E-state index in [0.717, 1.165) is 24.9 Å². The van der Waals surface area contributed by atoms with E-state index in [9.17, 15) is 9.18 Å². The van der Waals surface area contributed by atoms with Gasteiger partial charge >= 0.3 is 5.97 Å². The number of hydrogen-bond donors (Lipinski definition) is 2. The number of aromatic nitrogens is 1. The molecule has 1 aromatic heterocycles. The van der Waals surface area contributed by atoms with Gasteiger partial charge in [0, 0.05) is 23.6 Å². The Labute approximate surface area is 123 Å². The molecule has 0 radical (unpaired) electrons. The zero-order valence-electron chi connectivity index (χ0n) is 12.0. The van der Waals surface area contributed by atoms with E-state index in [4.69, 9.17) is 4.74 Å². The highest BCUT2D eigenvalue weighted by Crippen LogP contribution is 2.24. The Morgan fingerprint density at radius 1 is 1.48 bits per heavy atom. The number of aryl methyl sites for hydroxylation is 1. The van der Waals surface area contributed by atoms with Crippen LogP contribution in [0.15, 0.2) is 31.1 Å². The Balaban J connectivity index is 2.00. The third-order valence-electron chi connectivity index (χ3n) is 3.35. The van der Waals surface area contributed by atoms with Crippen LogP contribution >= 0.6 is 0 Å². The number of unbranched alkanes of at least 4 members (excludes halogenated alkanes) is 1. The van der Waals surface area contributed by atoms with Crippen molar-refractivity contribution in [3.05, 3.63) is 48.1 Å². The average Bonchev–Trinajstić information content (AvgIpc) is 2.91. The van der Waals surface area contributed by atoms with Gasteiger partial charge in [0.1, 0.15) is 5.82 Å². The summed E-state index contributed by atoms with van der Waals surface area (Å²) in [5, 5.41) is 3.57. The summed E-state index contributed by atoms with van der Waals surface area (Å²) in [4.78, 5) is 15.0. The summed E-state index contributed by atoms with van der Waals surface area (Å²) in [5.41, 5.74) is 1.57. The van der Waals surface area contributed by atoms with Crippen LogP contribution in [0.4, 0.5) is 4.39 Å². The molecule has 0 spiro atoms. The first-order valence-corrected chi connectivity index (χ1v) is 6.92. The van der Waals surface area contributed by atoms with Crippen LogP contribution < -0.4 is 5.32 Å². The third kappa shape index (κ3) is 3.42. The number of nitrogens with one attached hydrogen (secondary N) is 2. The highest BCUT2D eigenvalue weighted by atomic mass is 19.1. The lowest BCUT2D eigenvalue weighted by Gasteiger charge is -2.05. The van der Waals surface area contributed by atoms with Gasteiger partial charge in [-0.2, -0.15) is 0 Å². The number of halogens is 1. The molecule has 5 heteroatoms. The Morgan fingerprint density at radius 3 is 3.05 bits per heavy atom. The molecule has 0 atom stereocenters. The van der Waals surface area contributed by atoms with Gasteiger partial charge in [-0.1, -0.05) is 6.58 Å². The van der Waals surface area contributed by atoms with E-state index in [1.165, 1.54) is 6.07 Å². The van der Waals surface area contributed by atoms with Crippen LogP contribution in [0, 0.1) is 12.7 Å². The highest BCUT2D eigenvalue weighted by molar-refractivity contribution is 6.05. The molecule has 2 rings (SSSR count). The van der Waals surface area contributed by atoms with Crippen molar-refractivity contribution >= 4 is 16.9 Å². The van der Waals surface area contributed by atoms with Gasteiger partial charge in [0.05, 0.1) is 12.2 Å². The first-order valence-electron chi connectivity index (χ1n) is 6.92. The second-order valence-corrected chi connectivity index (χ2v) is 4.80. The number of H-pyrrole nitrogens is 1. The monoisotopic (exact) mass is 290 g/mol. The van der Waals surface area contributed by atoms with E-state index in [2.05, 4.69) is 16.9 Å². The first kappa shape index (κ1) is 15.1. The van der Waals surface area contributed by atoms with Crippen LogP contribution in [0.2, 0.25) is 0 Å². The summed E-state index contributed by atoms with van der Waals surface area (Å²) >= 11 is 0. The topological polar surface area (TPSA) is 54.1 Å². The van der Waals surface area contributed by atoms with Crippen LogP contribution in [0.5, 0.6) is 0 Å². The van der Waals surface area contributed by atoms with Crippen LogP contribution in [-0.2, 0) is 4.74 Å². The SMILES string of the molecule is C=CNCCCCOC(=O)c1c[nH]c2ccc(F)c(C)c12. The van der Waals surface area contributed by atoms with Crippen LogP contribution in [0.25, 0.3) is 10.9 Å². The molecule has 112 valence electrons. The normalized spacial score (nSPS) is 10.6. The highest BCUT2D eigenvalue weighted by Gasteiger charge is 2.16. The quantitative estimate of drug-likeness (QED) is 0.608. The largest absolute Gasteiger partial charge is 0.462 e. The maximum Gasteiger partial charge on any atom is 0.340 e. The van der Waals surface area contributed by atoms with Crippen LogP contribution in [-0.4, -0.2) is 24.1 Å². The smallest absolute Gasteiger partial charge is 0.340 e. The van der Waals surface area contributed by atoms with Crippen LogP contribution in [0.3, 0.4) is 0 Å². The molecule has 0 fully saturated rings. The predicted molar refractivity (Wildman–Crippen MR) is 80.7 cm³/mol. The second-order valence-electron chi connectivity index (χ2n) is 4.80. The summed E-state index contributed by atoms with van der Waals surface area (Å²) in [6.45, 7) is 6.36. The minimum atomic E-state index is -0.424. The predicted octanol–water partition coefficient (Wildman–Crippen LogP) is 3.29. The van der Waals surface area contributed by atoms with Gasteiger partial charge in [-0.25, -0.2) is 9.18 Å². The van der Waals surface area contributed by atoms with Gasteiger partial charge in [-0.3, -0.25) is 0 Å². The number of esters is 1. The number of benzene rings is 1. The molecule has 0 aliphatic carbocycles. The number of ether oxygens (including phenoxy) is 1. The van der Waals surface area contributed by atoms with E-state index < -0.39 is 5.97 Å². The van der Waals surface area contributed by atoms with Gasteiger partial charge in [0.2, 0.25) is 0 Å². The van der Waals surface area contributed by atoms with Gasteiger partial charge < -0.3 is 15.0 Å². The fourth-order valence-corrected chi connectivity index (χ4v) is 2.21. The molecule has 0 saturated heterocycles. The van der Waals surface area contributed by atoms with Crippen LogP contribution in [0.1, 0.15) is 28.8 Å². The van der Waals surface area contributed by atoms with E-state index in [-0.39, 0.29) is 5.82 Å². The maximum atomic E-state index is 13.6. The summed E-state index contributed by atoms with van der Waals surface area (Å²) in [6, 6.07) is 3.01. The number of carbonyl (C=O) groups is 1. The van der Waals surface area contributed by atoms with Crippen molar-refractivity contribution in [2.45, 2.75) is 19.8 Å². The molecule has 4 nitrogen and oxygen atoms in total. The van der Waals surface area contributed by atoms with Crippen molar-refractivity contribution < 1.29 is 13.9 Å². The lowest BCUT2D eigenvalue weighted by molar-refractivity contribution is 0.0501. The summed E-state index contributed by atoms with van der Waals surface area (Å²) < 4.78 is 18.8. The Kier molecular flexibility index (Phi) is 4.98. The van der Waals surface area contributed by atoms with Gasteiger partial charge in [-0.05, 0) is 43.7 Å². The number of aromatic amines is 1. The molecular weight excluding hydrogens is 271 g/mol. The number of fused-ring (bicyclic) bond motifs is 1. The molecule has 0 amide bonds. The minimum absolute atomic E-state index is 0.327. The Hall–Kier alpha value is -2.30. The van der Waals surface area contributed by atoms with Crippen molar-refractivity contribution in [3.8, 4) is 0 Å². The van der Waals surface area contributed by atoms with Crippen molar-refractivity contribution in [2.75, 3.05) is 13.2 Å². The summed E-state index contributed by atoms with van der Waals surface area (Å²) in [6.07, 6.45) is 4.86. The third-order valence-corrected chi connectivity index (χ3v) is 3.35. The molecule has 0 aliphatic heterocycles. The Bertz CT molecular complexity index is 649. The number of carbonyl (C=O) groups excluding carboxylic acids is 1. The van der Waals surface area contributed by atoms with E-state index in [1.807, 2.05) is 0 Å². The molecule has 0 unspecified atom stereocenters. The molecule has 21 heavy (non-hydrogen) atoms. The minimum Gasteiger partial charge on any atom is -0.462 e. The first-order chi connectivity index (χ1) is 10.1. The fraction of sp³-hybridized carbons (Fsp3) is 0.312. The van der Waals surface area contributed by atoms with Crippen molar-refractivity contribution in [1.82, 2.24) is 10.3 Å². The molecule has 0 saturated carbocycles. The van der Waals surface area contributed by atoms with Gasteiger partial charge in [0.25, 0.3) is 0 Å². The number of hydrogen-bond acceptors (Lipinski definition) is 3. The summed E-state index contributed by atoms with van der Waals surface area (Å²) in [7, 11) is 0. The van der Waals surface area contributed by atoms with Crippen molar-refractivity contribution in [1.29, 1.82) is 0 Å². The molecule has 1 aromatic carbocycles. The second kappa shape index (κ2) is 6.92.